The summed E-state index contributed by atoms with van der Waals surface area (Å²) in [6.07, 6.45) is 1.63. The van der Waals surface area contributed by atoms with Crippen molar-refractivity contribution in [3.63, 3.8) is 0 Å². The molecule has 156 valence electrons. The molecule has 0 unspecified atom stereocenters. The highest BCUT2D eigenvalue weighted by Gasteiger charge is 2.21. The van der Waals surface area contributed by atoms with Crippen molar-refractivity contribution in [3.05, 3.63) is 44.3 Å². The first-order valence-electron chi connectivity index (χ1n) is 8.90. The Bertz CT molecular complexity index is 1230. The van der Waals surface area contributed by atoms with E-state index in [0.717, 1.165) is 11.3 Å². The van der Waals surface area contributed by atoms with E-state index >= 15 is 0 Å². The van der Waals surface area contributed by atoms with Gasteiger partial charge in [0, 0.05) is 0 Å². The van der Waals surface area contributed by atoms with Gasteiger partial charge in [-0.15, -0.1) is 11.3 Å². The fourth-order valence-corrected chi connectivity index (χ4v) is 4.45. The van der Waals surface area contributed by atoms with Gasteiger partial charge in [-0.2, -0.15) is 0 Å². The van der Waals surface area contributed by atoms with E-state index in [1.807, 2.05) is 0 Å². The number of H-pyrrole nitrogens is 1. The molecule has 10 heteroatoms. The Balaban J connectivity index is 1.78. The van der Waals surface area contributed by atoms with E-state index in [9.17, 15) is 9.59 Å². The standard InChI is InChI=1S/C20H17ClN2O6S/c1-9-14-18(24)22-17(23-19(14)30-16(9)20(25)27-3)11(21)6-10-7-12(26-2)15-13(8-10)28-4-5-29-15/h6-8H,4-5H2,1-3H3,(H,22,23,24)/b11-6-. The minimum absolute atomic E-state index is 0.181. The third-order valence-corrected chi connectivity index (χ3v) is 6.00. The number of thiophene rings is 1. The first-order chi connectivity index (χ1) is 14.4. The van der Waals surface area contributed by atoms with Gasteiger partial charge in [0.25, 0.3) is 5.56 Å². The van der Waals surface area contributed by atoms with Crippen LogP contribution in [-0.4, -0.2) is 43.4 Å². The molecule has 0 atom stereocenters. The molecule has 0 saturated carbocycles. The molecule has 8 nitrogen and oxygen atoms in total. The first-order valence-corrected chi connectivity index (χ1v) is 10.1. The number of ether oxygens (including phenoxy) is 4. The van der Waals surface area contributed by atoms with Crippen LogP contribution in [0.15, 0.2) is 16.9 Å². The smallest absolute Gasteiger partial charge is 0.348 e. The maximum atomic E-state index is 12.6. The number of aromatic nitrogens is 2. The maximum Gasteiger partial charge on any atom is 0.348 e. The molecule has 0 fully saturated rings. The lowest BCUT2D eigenvalue weighted by Crippen LogP contribution is -2.16. The van der Waals surface area contributed by atoms with Crippen LogP contribution in [0.25, 0.3) is 21.3 Å². The lowest BCUT2D eigenvalue weighted by Gasteiger charge is -2.21. The molecular formula is C20H17ClN2O6S. The maximum absolute atomic E-state index is 12.6. The van der Waals surface area contributed by atoms with Gasteiger partial charge in [-0.3, -0.25) is 4.79 Å². The Kier molecular flexibility index (Phi) is 5.40. The zero-order valence-electron chi connectivity index (χ0n) is 16.3. The number of fused-ring (bicyclic) bond motifs is 2. The number of aromatic amines is 1. The van der Waals surface area contributed by atoms with Crippen molar-refractivity contribution in [1.82, 2.24) is 9.97 Å². The summed E-state index contributed by atoms with van der Waals surface area (Å²) in [6.45, 7) is 2.56. The molecule has 0 amide bonds. The van der Waals surface area contributed by atoms with E-state index in [0.29, 0.717) is 56.7 Å². The van der Waals surface area contributed by atoms with Crippen molar-refractivity contribution in [3.8, 4) is 17.2 Å². The van der Waals surface area contributed by atoms with Gasteiger partial charge in [0.05, 0.1) is 24.6 Å². The molecule has 1 N–H and O–H groups in total. The van der Waals surface area contributed by atoms with Crippen molar-refractivity contribution in [2.45, 2.75) is 6.92 Å². The topological polar surface area (TPSA) is 99.7 Å². The third kappa shape index (κ3) is 3.50. The van der Waals surface area contributed by atoms with Crippen LogP contribution in [0.4, 0.5) is 0 Å². The highest BCUT2D eigenvalue weighted by molar-refractivity contribution is 7.20. The summed E-state index contributed by atoms with van der Waals surface area (Å²) in [5.41, 5.74) is 0.825. The van der Waals surface area contributed by atoms with Crippen molar-refractivity contribution < 1.29 is 23.7 Å². The molecule has 1 aliphatic rings. The Morgan fingerprint density at radius 3 is 2.80 bits per heavy atom. The van der Waals surface area contributed by atoms with Crippen LogP contribution < -0.4 is 19.8 Å². The van der Waals surface area contributed by atoms with Gasteiger partial charge in [-0.1, -0.05) is 11.6 Å². The van der Waals surface area contributed by atoms with Crippen LogP contribution in [0.3, 0.4) is 0 Å². The summed E-state index contributed by atoms with van der Waals surface area (Å²) in [6, 6.07) is 3.51. The Labute approximate surface area is 180 Å². The summed E-state index contributed by atoms with van der Waals surface area (Å²) in [5, 5.41) is 0.549. The minimum Gasteiger partial charge on any atom is -0.493 e. The lowest BCUT2D eigenvalue weighted by atomic mass is 10.1. The zero-order valence-corrected chi connectivity index (χ0v) is 17.9. The molecule has 0 saturated heterocycles. The van der Waals surface area contributed by atoms with E-state index in [1.165, 1.54) is 14.2 Å². The molecule has 0 radical (unpaired) electrons. The van der Waals surface area contributed by atoms with Crippen LogP contribution in [0, 0.1) is 6.92 Å². The number of carbonyl (C=O) groups is 1. The SMILES string of the molecule is COC(=O)c1sc2nc(/C(Cl)=C/c3cc(OC)c4c(c3)OCCO4)[nH]c(=O)c2c1C. The number of methoxy groups -OCH3 is 2. The fraction of sp³-hybridized carbons (Fsp3) is 0.250. The summed E-state index contributed by atoms with van der Waals surface area (Å²) in [4.78, 5) is 32.4. The molecule has 4 rings (SSSR count). The number of aryl methyl sites for hydroxylation is 1. The van der Waals surface area contributed by atoms with E-state index in [4.69, 9.17) is 30.5 Å². The first kappa shape index (κ1) is 20.2. The number of nitrogens with one attached hydrogen (secondary N) is 1. The predicted molar refractivity (Wildman–Crippen MR) is 114 cm³/mol. The van der Waals surface area contributed by atoms with Gasteiger partial charge in [0.15, 0.2) is 17.3 Å². The van der Waals surface area contributed by atoms with Gasteiger partial charge in [0.1, 0.15) is 22.9 Å². The van der Waals surface area contributed by atoms with Gasteiger partial charge in [-0.05, 0) is 36.3 Å². The second kappa shape index (κ2) is 8.00. The zero-order chi connectivity index (χ0) is 21.4. The number of halogens is 1. The van der Waals surface area contributed by atoms with Crippen molar-refractivity contribution in [2.75, 3.05) is 27.4 Å². The summed E-state index contributed by atoms with van der Waals surface area (Å²) >= 11 is 7.54. The van der Waals surface area contributed by atoms with Crippen LogP contribution >= 0.6 is 22.9 Å². The number of benzene rings is 1. The molecule has 1 aliphatic heterocycles. The van der Waals surface area contributed by atoms with Crippen molar-refractivity contribution in [2.24, 2.45) is 0 Å². The van der Waals surface area contributed by atoms with Gasteiger partial charge in [0.2, 0.25) is 5.75 Å². The van der Waals surface area contributed by atoms with Gasteiger partial charge >= 0.3 is 5.97 Å². The Morgan fingerprint density at radius 2 is 2.07 bits per heavy atom. The quantitative estimate of drug-likeness (QED) is 0.608. The normalized spacial score (nSPS) is 13.4. The lowest BCUT2D eigenvalue weighted by molar-refractivity contribution is 0.0605. The second-order valence-corrected chi connectivity index (χ2v) is 7.79. The molecule has 1 aromatic carbocycles. The number of hydrogen-bond donors (Lipinski definition) is 1. The third-order valence-electron chi connectivity index (χ3n) is 4.54. The number of carbonyl (C=O) groups excluding carboxylic acids is 1. The molecule has 3 heterocycles. The van der Waals surface area contributed by atoms with E-state index in [1.54, 1.807) is 25.1 Å². The number of rotatable bonds is 4. The monoisotopic (exact) mass is 448 g/mol. The van der Waals surface area contributed by atoms with Crippen molar-refractivity contribution >= 4 is 50.2 Å². The predicted octanol–water partition coefficient (Wildman–Crippen LogP) is 3.60. The number of nitrogens with zero attached hydrogens (tertiary/aromatic N) is 1. The summed E-state index contributed by atoms with van der Waals surface area (Å²) in [5.74, 6) is 1.26. The molecule has 0 spiro atoms. The van der Waals surface area contributed by atoms with Gasteiger partial charge < -0.3 is 23.9 Å². The van der Waals surface area contributed by atoms with E-state index in [2.05, 4.69) is 9.97 Å². The fourth-order valence-electron chi connectivity index (χ4n) is 3.14. The molecule has 3 aromatic rings. The average molecular weight is 449 g/mol. The summed E-state index contributed by atoms with van der Waals surface area (Å²) < 4.78 is 21.4. The van der Waals surface area contributed by atoms with Crippen LogP contribution in [0.2, 0.25) is 0 Å². The molecule has 0 aliphatic carbocycles. The molecule has 0 bridgehead atoms. The highest BCUT2D eigenvalue weighted by Crippen LogP contribution is 2.41. The summed E-state index contributed by atoms with van der Waals surface area (Å²) in [7, 11) is 2.82. The van der Waals surface area contributed by atoms with Crippen LogP contribution in [0.5, 0.6) is 17.2 Å². The number of esters is 1. The number of hydrogen-bond acceptors (Lipinski definition) is 8. The van der Waals surface area contributed by atoms with E-state index < -0.39 is 5.97 Å². The average Bonchev–Trinajstić information content (AvgIpc) is 3.09. The van der Waals surface area contributed by atoms with Crippen molar-refractivity contribution in [1.29, 1.82) is 0 Å². The highest BCUT2D eigenvalue weighted by atomic mass is 35.5. The molecule has 2 aromatic heterocycles. The Hall–Kier alpha value is -3.04. The molecule has 30 heavy (non-hydrogen) atoms. The van der Waals surface area contributed by atoms with E-state index in [-0.39, 0.29) is 16.4 Å². The van der Waals surface area contributed by atoms with Crippen LogP contribution in [0.1, 0.15) is 26.6 Å². The Morgan fingerprint density at radius 1 is 1.30 bits per heavy atom. The minimum atomic E-state index is -0.513. The second-order valence-electron chi connectivity index (χ2n) is 6.38. The van der Waals surface area contributed by atoms with Crippen LogP contribution in [-0.2, 0) is 4.74 Å². The largest absolute Gasteiger partial charge is 0.493 e. The molecular weight excluding hydrogens is 432 g/mol. The van der Waals surface area contributed by atoms with Gasteiger partial charge in [-0.25, -0.2) is 9.78 Å².